The molecule has 0 radical (unpaired) electrons. The summed E-state index contributed by atoms with van der Waals surface area (Å²) in [6.45, 7) is 7.40. The Morgan fingerprint density at radius 3 is 2.73 bits per heavy atom. The van der Waals surface area contributed by atoms with E-state index < -0.39 is 0 Å². The first kappa shape index (κ1) is 18.4. The minimum atomic E-state index is 0.936. The molecule has 0 aliphatic heterocycles. The third-order valence-electron chi connectivity index (χ3n) is 4.88. The second kappa shape index (κ2) is 8.84. The summed E-state index contributed by atoms with van der Waals surface area (Å²) in [5.41, 5.74) is 5.55. The minimum absolute atomic E-state index is 0.936. The van der Waals surface area contributed by atoms with Crippen molar-refractivity contribution >= 4 is 22.4 Å². The van der Waals surface area contributed by atoms with Gasteiger partial charge in [0.15, 0.2) is 0 Å². The van der Waals surface area contributed by atoms with E-state index in [4.69, 9.17) is 5.10 Å². The summed E-state index contributed by atoms with van der Waals surface area (Å²) in [6.07, 6.45) is 15.9. The largest absolute Gasteiger partial charge is 0.346 e. The SMILES string of the molecule is C/C=C(\C=C/CCC)n1nc2ccc(N(CC)C3=CCCCC3)cc2n1. The summed E-state index contributed by atoms with van der Waals surface area (Å²) in [5, 5.41) is 9.38. The lowest BCUT2D eigenvalue weighted by molar-refractivity contribution is 0.676. The number of rotatable bonds is 7. The van der Waals surface area contributed by atoms with Gasteiger partial charge in [-0.3, -0.25) is 0 Å². The number of unbranched alkanes of at least 4 members (excludes halogenated alkanes) is 1. The molecule has 0 fully saturated rings. The third-order valence-corrected chi connectivity index (χ3v) is 4.88. The molecule has 0 unspecified atom stereocenters. The Balaban J connectivity index is 1.90. The van der Waals surface area contributed by atoms with Crippen LogP contribution < -0.4 is 4.90 Å². The summed E-state index contributed by atoms with van der Waals surface area (Å²) in [4.78, 5) is 4.16. The monoisotopic (exact) mass is 350 g/mol. The topological polar surface area (TPSA) is 34.0 Å². The second-order valence-electron chi connectivity index (χ2n) is 6.75. The van der Waals surface area contributed by atoms with Crippen LogP contribution in [0.2, 0.25) is 0 Å². The second-order valence-corrected chi connectivity index (χ2v) is 6.75. The number of hydrogen-bond acceptors (Lipinski definition) is 3. The zero-order chi connectivity index (χ0) is 18.4. The van der Waals surface area contributed by atoms with E-state index >= 15 is 0 Å². The van der Waals surface area contributed by atoms with Gasteiger partial charge in [-0.2, -0.15) is 4.80 Å². The van der Waals surface area contributed by atoms with Crippen LogP contribution in [0, 0.1) is 0 Å². The van der Waals surface area contributed by atoms with E-state index in [1.165, 1.54) is 37.1 Å². The highest BCUT2D eigenvalue weighted by atomic mass is 15.5. The van der Waals surface area contributed by atoms with Gasteiger partial charge in [0.1, 0.15) is 11.0 Å². The van der Waals surface area contributed by atoms with Crippen molar-refractivity contribution in [3.8, 4) is 0 Å². The first-order chi connectivity index (χ1) is 12.8. The molecule has 1 heterocycles. The van der Waals surface area contributed by atoms with Gasteiger partial charge in [-0.1, -0.05) is 31.6 Å². The van der Waals surface area contributed by atoms with Crippen LogP contribution in [0.5, 0.6) is 0 Å². The number of nitrogens with zero attached hydrogens (tertiary/aromatic N) is 4. The summed E-state index contributed by atoms with van der Waals surface area (Å²) >= 11 is 0. The molecule has 0 saturated carbocycles. The molecular weight excluding hydrogens is 320 g/mol. The van der Waals surface area contributed by atoms with Crippen molar-refractivity contribution in [3.05, 3.63) is 48.2 Å². The van der Waals surface area contributed by atoms with E-state index in [9.17, 15) is 0 Å². The number of benzene rings is 1. The van der Waals surface area contributed by atoms with Crippen molar-refractivity contribution in [2.75, 3.05) is 11.4 Å². The van der Waals surface area contributed by atoms with Gasteiger partial charge in [-0.15, -0.1) is 10.2 Å². The van der Waals surface area contributed by atoms with Crippen LogP contribution in [-0.2, 0) is 0 Å². The van der Waals surface area contributed by atoms with Gasteiger partial charge in [0.2, 0.25) is 0 Å². The fraction of sp³-hybridized carbons (Fsp3) is 0.455. The molecule has 4 nitrogen and oxygen atoms in total. The van der Waals surface area contributed by atoms with E-state index in [0.29, 0.717) is 0 Å². The summed E-state index contributed by atoms with van der Waals surface area (Å²) < 4.78 is 0. The van der Waals surface area contributed by atoms with Gasteiger partial charge in [-0.05, 0) is 70.2 Å². The van der Waals surface area contributed by atoms with Crippen molar-refractivity contribution < 1.29 is 0 Å². The van der Waals surface area contributed by atoms with Crippen LogP contribution >= 0.6 is 0 Å². The van der Waals surface area contributed by atoms with E-state index in [2.05, 4.69) is 66.3 Å². The summed E-state index contributed by atoms with van der Waals surface area (Å²) in [7, 11) is 0. The quantitative estimate of drug-likeness (QED) is 0.580. The van der Waals surface area contributed by atoms with Gasteiger partial charge in [0.25, 0.3) is 0 Å². The lowest BCUT2D eigenvalue weighted by atomic mass is 10.0. The van der Waals surface area contributed by atoms with Crippen LogP contribution in [0.3, 0.4) is 0 Å². The van der Waals surface area contributed by atoms with Crippen LogP contribution in [-0.4, -0.2) is 21.5 Å². The van der Waals surface area contributed by atoms with Crippen molar-refractivity contribution in [1.29, 1.82) is 0 Å². The van der Waals surface area contributed by atoms with Gasteiger partial charge < -0.3 is 4.90 Å². The minimum Gasteiger partial charge on any atom is -0.346 e. The molecule has 26 heavy (non-hydrogen) atoms. The Morgan fingerprint density at radius 1 is 1.19 bits per heavy atom. The molecule has 1 aromatic carbocycles. The molecule has 0 amide bonds. The molecule has 0 bridgehead atoms. The summed E-state index contributed by atoms with van der Waals surface area (Å²) in [5.74, 6) is 0. The molecule has 0 saturated heterocycles. The molecule has 138 valence electrons. The lowest BCUT2D eigenvalue weighted by Gasteiger charge is -2.28. The van der Waals surface area contributed by atoms with E-state index in [1.807, 2.05) is 6.92 Å². The van der Waals surface area contributed by atoms with E-state index in [0.717, 1.165) is 36.1 Å². The van der Waals surface area contributed by atoms with Crippen molar-refractivity contribution in [2.24, 2.45) is 0 Å². The maximum atomic E-state index is 4.73. The molecule has 1 aliphatic carbocycles. The molecule has 0 N–H and O–H groups in total. The van der Waals surface area contributed by atoms with Crippen LogP contribution in [0.1, 0.15) is 59.3 Å². The molecule has 2 aromatic rings. The predicted molar refractivity (Wildman–Crippen MR) is 111 cm³/mol. The zero-order valence-corrected chi connectivity index (χ0v) is 16.3. The average molecular weight is 351 g/mol. The number of anilines is 1. The molecule has 4 heteroatoms. The van der Waals surface area contributed by atoms with E-state index in [-0.39, 0.29) is 0 Å². The number of fused-ring (bicyclic) bond motifs is 1. The third kappa shape index (κ3) is 4.06. The highest BCUT2D eigenvalue weighted by molar-refractivity contribution is 5.80. The maximum absolute atomic E-state index is 4.73. The van der Waals surface area contributed by atoms with Crippen LogP contribution in [0.15, 0.2) is 48.2 Å². The fourth-order valence-electron chi connectivity index (χ4n) is 3.45. The first-order valence-electron chi connectivity index (χ1n) is 9.93. The molecular formula is C22H30N4. The van der Waals surface area contributed by atoms with E-state index in [1.54, 1.807) is 4.80 Å². The maximum Gasteiger partial charge on any atom is 0.115 e. The molecule has 0 spiro atoms. The van der Waals surface area contributed by atoms with Gasteiger partial charge in [0.05, 0.1) is 5.70 Å². The Bertz CT molecular complexity index is 826. The zero-order valence-electron chi connectivity index (χ0n) is 16.3. The van der Waals surface area contributed by atoms with Crippen molar-refractivity contribution in [3.63, 3.8) is 0 Å². The first-order valence-corrected chi connectivity index (χ1v) is 9.93. The normalized spacial score (nSPS) is 15.7. The number of aromatic nitrogens is 3. The van der Waals surface area contributed by atoms with Gasteiger partial charge in [-0.25, -0.2) is 0 Å². The highest BCUT2D eigenvalue weighted by Crippen LogP contribution is 2.28. The van der Waals surface area contributed by atoms with Gasteiger partial charge >= 0.3 is 0 Å². The van der Waals surface area contributed by atoms with Crippen molar-refractivity contribution in [1.82, 2.24) is 15.0 Å². The average Bonchev–Trinajstić information content (AvgIpc) is 3.10. The molecule has 1 aliphatic rings. The standard InChI is InChI=1S/C22H30N4/c1-4-7-9-12-18(5-2)26-23-21-16-15-20(17-22(21)24-26)25(6-3)19-13-10-8-11-14-19/h5,9,12-13,15-17H,4,6-8,10-11,14H2,1-3H3/b12-9-,18-5+. The number of allylic oxidation sites excluding steroid dienone is 6. The Kier molecular flexibility index (Phi) is 6.26. The lowest BCUT2D eigenvalue weighted by Crippen LogP contribution is -2.23. The van der Waals surface area contributed by atoms with Crippen molar-refractivity contribution in [2.45, 2.75) is 59.3 Å². The Hall–Kier alpha value is -2.36. The smallest absolute Gasteiger partial charge is 0.115 e. The summed E-state index contributed by atoms with van der Waals surface area (Å²) in [6, 6.07) is 6.42. The molecule has 3 rings (SSSR count). The van der Waals surface area contributed by atoms with Crippen LogP contribution in [0.25, 0.3) is 16.7 Å². The highest BCUT2D eigenvalue weighted by Gasteiger charge is 2.14. The predicted octanol–water partition coefficient (Wildman–Crippen LogP) is 5.93. The number of hydrogen-bond donors (Lipinski definition) is 0. The van der Waals surface area contributed by atoms with Gasteiger partial charge in [0, 0.05) is 17.9 Å². The Labute approximate surface area is 156 Å². The fourth-order valence-corrected chi connectivity index (χ4v) is 3.45. The molecule has 0 atom stereocenters. The van der Waals surface area contributed by atoms with Crippen LogP contribution in [0.4, 0.5) is 5.69 Å². The molecule has 1 aromatic heterocycles. The Morgan fingerprint density at radius 2 is 2.04 bits per heavy atom.